The van der Waals surface area contributed by atoms with Crippen LogP contribution in [-0.2, 0) is 4.79 Å². The maximum absolute atomic E-state index is 11.5. The number of carbonyl (C=O) groups is 1. The van der Waals surface area contributed by atoms with Crippen LogP contribution < -0.4 is 0 Å². The Bertz CT molecular complexity index is 608. The van der Waals surface area contributed by atoms with Gasteiger partial charge in [0, 0.05) is 12.8 Å². The molecule has 0 aliphatic rings. The quantitative estimate of drug-likeness (QED) is 0.0597. The first kappa shape index (κ1) is 38.6. The Balaban J connectivity index is 3.20. The Morgan fingerprint density at radius 2 is 0.675 bits per heavy atom. The second-order valence-corrected chi connectivity index (χ2v) is 11.9. The van der Waals surface area contributed by atoms with Crippen molar-refractivity contribution in [2.75, 3.05) is 0 Å². The largest absolute Gasteiger partial charge is 0.300 e. The zero-order valence-electron chi connectivity index (χ0n) is 27.3. The van der Waals surface area contributed by atoms with Crippen molar-refractivity contribution in [3.05, 3.63) is 48.6 Å². The fourth-order valence-corrected chi connectivity index (χ4v) is 5.17. The van der Waals surface area contributed by atoms with Crippen LogP contribution in [0.15, 0.2) is 48.6 Å². The minimum atomic E-state index is 0.446. The van der Waals surface area contributed by atoms with Gasteiger partial charge in [-0.05, 0) is 70.6 Å². The van der Waals surface area contributed by atoms with Gasteiger partial charge in [-0.1, -0.05) is 159 Å². The molecule has 0 amide bonds. The molecule has 0 saturated carbocycles. The van der Waals surface area contributed by atoms with Gasteiger partial charge in [0.2, 0.25) is 0 Å². The van der Waals surface area contributed by atoms with Crippen LogP contribution >= 0.6 is 0 Å². The predicted octanol–water partition coefficient (Wildman–Crippen LogP) is 13.7. The number of ketones is 1. The van der Waals surface area contributed by atoms with E-state index in [2.05, 4.69) is 62.5 Å². The van der Waals surface area contributed by atoms with Crippen molar-refractivity contribution >= 4 is 5.78 Å². The molecule has 1 nitrogen and oxygen atoms in total. The van der Waals surface area contributed by atoms with E-state index in [1.165, 1.54) is 135 Å². The molecule has 232 valence electrons. The number of rotatable bonds is 32. The molecule has 0 unspecified atom stereocenters. The maximum Gasteiger partial charge on any atom is 0.132 e. The van der Waals surface area contributed by atoms with Crippen molar-refractivity contribution < 1.29 is 4.79 Å². The third-order valence-corrected chi connectivity index (χ3v) is 7.76. The van der Waals surface area contributed by atoms with E-state index < -0.39 is 0 Å². The zero-order chi connectivity index (χ0) is 29.0. The normalized spacial score (nSPS) is 12.2. The van der Waals surface area contributed by atoms with E-state index in [0.29, 0.717) is 5.78 Å². The molecule has 0 saturated heterocycles. The first-order valence-electron chi connectivity index (χ1n) is 17.9. The maximum atomic E-state index is 11.5. The standard InChI is InChI=1S/C39H70O/c1-3-5-6-7-8-9-10-11-12-13-14-15-16-17-18-19-20-21-22-23-24-25-26-27-28-29-30-31-32-33-34-35-36-38-39(40)37-4-2/h6-7,9-10,28-29,31-32H,3-5,8,11-27,30,33-38H2,1-2H3/b7-6-,10-9-,29-28-,32-31-. The fourth-order valence-electron chi connectivity index (χ4n) is 5.17. The van der Waals surface area contributed by atoms with E-state index in [1.54, 1.807) is 0 Å². The van der Waals surface area contributed by atoms with Crippen LogP contribution in [0, 0.1) is 0 Å². The molecular weight excluding hydrogens is 484 g/mol. The highest BCUT2D eigenvalue weighted by molar-refractivity contribution is 5.78. The molecule has 0 bridgehead atoms. The lowest BCUT2D eigenvalue weighted by atomic mass is 10.0. The molecule has 0 spiro atoms. The Morgan fingerprint density at radius 3 is 1.02 bits per heavy atom. The van der Waals surface area contributed by atoms with Crippen molar-refractivity contribution in [3.63, 3.8) is 0 Å². The number of hydrogen-bond donors (Lipinski definition) is 0. The molecule has 0 rings (SSSR count). The number of hydrogen-bond acceptors (Lipinski definition) is 1. The molecular formula is C39H70O. The molecule has 0 heterocycles. The highest BCUT2D eigenvalue weighted by atomic mass is 16.1. The van der Waals surface area contributed by atoms with Gasteiger partial charge in [0.05, 0.1) is 0 Å². The number of allylic oxidation sites excluding steroid dienone is 8. The van der Waals surface area contributed by atoms with Gasteiger partial charge in [-0.3, -0.25) is 4.79 Å². The molecule has 0 N–H and O–H groups in total. The molecule has 1 heteroatoms. The predicted molar refractivity (Wildman–Crippen MR) is 182 cm³/mol. The molecule has 0 aliphatic heterocycles. The first-order valence-corrected chi connectivity index (χ1v) is 17.9. The van der Waals surface area contributed by atoms with Crippen LogP contribution in [0.1, 0.15) is 194 Å². The molecule has 0 aromatic heterocycles. The second kappa shape index (κ2) is 35.7. The minimum absolute atomic E-state index is 0.446. The van der Waals surface area contributed by atoms with E-state index in [0.717, 1.165) is 44.9 Å². The third kappa shape index (κ3) is 34.7. The Kier molecular flexibility index (Phi) is 34.4. The molecule has 0 radical (unpaired) electrons. The van der Waals surface area contributed by atoms with Crippen LogP contribution in [0.4, 0.5) is 0 Å². The van der Waals surface area contributed by atoms with Crippen molar-refractivity contribution in [3.8, 4) is 0 Å². The van der Waals surface area contributed by atoms with Crippen LogP contribution in [0.2, 0.25) is 0 Å². The molecule has 40 heavy (non-hydrogen) atoms. The average Bonchev–Trinajstić information content (AvgIpc) is 2.95. The zero-order valence-corrected chi connectivity index (χ0v) is 27.3. The van der Waals surface area contributed by atoms with Gasteiger partial charge in [-0.15, -0.1) is 0 Å². The Labute approximate surface area is 252 Å². The summed E-state index contributed by atoms with van der Waals surface area (Å²) in [6.45, 7) is 4.32. The van der Waals surface area contributed by atoms with Crippen LogP contribution in [-0.4, -0.2) is 5.78 Å². The van der Waals surface area contributed by atoms with E-state index in [1.807, 2.05) is 0 Å². The molecule has 0 aliphatic carbocycles. The van der Waals surface area contributed by atoms with Crippen molar-refractivity contribution in [1.82, 2.24) is 0 Å². The van der Waals surface area contributed by atoms with E-state index in [-0.39, 0.29) is 0 Å². The van der Waals surface area contributed by atoms with Gasteiger partial charge in [-0.25, -0.2) is 0 Å². The summed E-state index contributed by atoms with van der Waals surface area (Å²) in [5.41, 5.74) is 0. The lowest BCUT2D eigenvalue weighted by Gasteiger charge is -2.03. The van der Waals surface area contributed by atoms with Crippen LogP contribution in [0.5, 0.6) is 0 Å². The van der Waals surface area contributed by atoms with Gasteiger partial charge < -0.3 is 0 Å². The lowest BCUT2D eigenvalue weighted by molar-refractivity contribution is -0.119. The smallest absolute Gasteiger partial charge is 0.132 e. The third-order valence-electron chi connectivity index (χ3n) is 7.76. The summed E-state index contributed by atoms with van der Waals surface area (Å²) in [7, 11) is 0. The molecule has 0 atom stereocenters. The lowest BCUT2D eigenvalue weighted by Crippen LogP contribution is -1.95. The first-order chi connectivity index (χ1) is 19.8. The van der Waals surface area contributed by atoms with E-state index >= 15 is 0 Å². The Morgan fingerprint density at radius 1 is 0.350 bits per heavy atom. The van der Waals surface area contributed by atoms with Gasteiger partial charge >= 0.3 is 0 Å². The SMILES string of the molecule is CCC/C=C\C/C=C\CCCCCCCCCCCCCCCCC/C=C\C/C=C\CCCCCC(=O)CCC. The van der Waals surface area contributed by atoms with E-state index in [4.69, 9.17) is 0 Å². The van der Waals surface area contributed by atoms with Crippen molar-refractivity contribution in [2.45, 2.75) is 194 Å². The Hall–Kier alpha value is -1.37. The summed E-state index contributed by atoms with van der Waals surface area (Å²) in [5, 5.41) is 0. The van der Waals surface area contributed by atoms with Gasteiger partial charge in [0.25, 0.3) is 0 Å². The summed E-state index contributed by atoms with van der Waals surface area (Å²) >= 11 is 0. The average molecular weight is 555 g/mol. The second-order valence-electron chi connectivity index (χ2n) is 11.9. The molecule has 0 fully saturated rings. The number of Topliss-reactive ketones (excluding diaryl/α,β-unsaturated/α-hetero) is 1. The highest BCUT2D eigenvalue weighted by Gasteiger charge is 1.99. The van der Waals surface area contributed by atoms with Crippen molar-refractivity contribution in [1.29, 1.82) is 0 Å². The van der Waals surface area contributed by atoms with Crippen molar-refractivity contribution in [2.24, 2.45) is 0 Å². The van der Waals surface area contributed by atoms with Gasteiger partial charge in [0.1, 0.15) is 5.78 Å². The number of unbranched alkanes of at least 4 members (excludes halogenated alkanes) is 20. The monoisotopic (exact) mass is 555 g/mol. The topological polar surface area (TPSA) is 17.1 Å². The fraction of sp³-hybridized carbons (Fsp3) is 0.769. The molecule has 0 aromatic carbocycles. The molecule has 0 aromatic rings. The summed E-state index contributed by atoms with van der Waals surface area (Å²) in [6.07, 6.45) is 54.4. The summed E-state index contributed by atoms with van der Waals surface area (Å²) < 4.78 is 0. The van der Waals surface area contributed by atoms with Crippen LogP contribution in [0.3, 0.4) is 0 Å². The summed E-state index contributed by atoms with van der Waals surface area (Å²) in [4.78, 5) is 11.5. The minimum Gasteiger partial charge on any atom is -0.300 e. The summed E-state index contributed by atoms with van der Waals surface area (Å²) in [6, 6.07) is 0. The van der Waals surface area contributed by atoms with E-state index in [9.17, 15) is 4.79 Å². The highest BCUT2D eigenvalue weighted by Crippen LogP contribution is 2.14. The van der Waals surface area contributed by atoms with Crippen LogP contribution in [0.25, 0.3) is 0 Å². The number of carbonyl (C=O) groups excluding carboxylic acids is 1. The van der Waals surface area contributed by atoms with Gasteiger partial charge in [0.15, 0.2) is 0 Å². The van der Waals surface area contributed by atoms with Gasteiger partial charge in [-0.2, -0.15) is 0 Å². The summed E-state index contributed by atoms with van der Waals surface area (Å²) in [5.74, 6) is 0.446.